The standard InChI is InChI=1S/C25H22N2O4/c1-3-30-24(28)17-9-12-18(13-10-17)27-23-20-14-11-16-7-5-6-8-19(16)22(20)26-15-21(23)25(29)31-4-2/h5-15H,3-4H2,1-2H3,(H,26,27). The molecular weight excluding hydrogens is 392 g/mol. The van der Waals surface area contributed by atoms with Crippen LogP contribution >= 0.6 is 0 Å². The lowest BCUT2D eigenvalue weighted by Gasteiger charge is -2.15. The number of rotatable bonds is 6. The number of fused-ring (bicyclic) bond motifs is 3. The van der Waals surface area contributed by atoms with E-state index in [2.05, 4.69) is 10.3 Å². The first kappa shape index (κ1) is 20.3. The molecule has 0 atom stereocenters. The van der Waals surface area contributed by atoms with Gasteiger partial charge in [0.25, 0.3) is 0 Å². The van der Waals surface area contributed by atoms with Gasteiger partial charge in [-0.05, 0) is 43.5 Å². The molecule has 0 spiro atoms. The Balaban J connectivity index is 1.81. The molecular formula is C25H22N2O4. The van der Waals surface area contributed by atoms with Gasteiger partial charge in [-0.1, -0.05) is 36.4 Å². The van der Waals surface area contributed by atoms with Crippen molar-refractivity contribution < 1.29 is 19.1 Å². The molecule has 0 saturated carbocycles. The summed E-state index contributed by atoms with van der Waals surface area (Å²) in [6.07, 6.45) is 1.54. The summed E-state index contributed by atoms with van der Waals surface area (Å²) in [6, 6.07) is 18.8. The van der Waals surface area contributed by atoms with Gasteiger partial charge in [0.1, 0.15) is 5.56 Å². The van der Waals surface area contributed by atoms with Crippen molar-refractivity contribution in [3.8, 4) is 0 Å². The summed E-state index contributed by atoms with van der Waals surface area (Å²) in [6.45, 7) is 4.12. The summed E-state index contributed by atoms with van der Waals surface area (Å²) in [7, 11) is 0. The summed E-state index contributed by atoms with van der Waals surface area (Å²) in [4.78, 5) is 29.1. The van der Waals surface area contributed by atoms with Crippen molar-refractivity contribution in [2.45, 2.75) is 13.8 Å². The number of nitrogens with one attached hydrogen (secondary N) is 1. The molecule has 0 unspecified atom stereocenters. The second kappa shape index (κ2) is 8.83. The second-order valence-corrected chi connectivity index (χ2v) is 6.87. The van der Waals surface area contributed by atoms with Crippen LogP contribution < -0.4 is 5.32 Å². The van der Waals surface area contributed by atoms with Gasteiger partial charge in [0, 0.05) is 22.7 Å². The van der Waals surface area contributed by atoms with Crippen LogP contribution in [0.1, 0.15) is 34.6 Å². The number of aromatic nitrogens is 1. The van der Waals surface area contributed by atoms with Crippen LogP contribution in [-0.2, 0) is 9.47 Å². The molecule has 1 N–H and O–H groups in total. The van der Waals surface area contributed by atoms with Gasteiger partial charge >= 0.3 is 11.9 Å². The Morgan fingerprint density at radius 2 is 1.55 bits per heavy atom. The minimum Gasteiger partial charge on any atom is -0.462 e. The van der Waals surface area contributed by atoms with Crippen LogP contribution in [0, 0.1) is 0 Å². The Morgan fingerprint density at radius 3 is 2.29 bits per heavy atom. The number of carbonyl (C=O) groups is 2. The van der Waals surface area contributed by atoms with Gasteiger partial charge in [-0.15, -0.1) is 0 Å². The van der Waals surface area contributed by atoms with Gasteiger partial charge in [0.2, 0.25) is 0 Å². The average Bonchev–Trinajstić information content (AvgIpc) is 2.79. The van der Waals surface area contributed by atoms with E-state index in [4.69, 9.17) is 9.47 Å². The highest BCUT2D eigenvalue weighted by atomic mass is 16.5. The van der Waals surface area contributed by atoms with Gasteiger partial charge in [-0.3, -0.25) is 4.98 Å². The van der Waals surface area contributed by atoms with Crippen LogP contribution in [0.4, 0.5) is 11.4 Å². The van der Waals surface area contributed by atoms with Crippen LogP contribution in [0.15, 0.2) is 66.9 Å². The number of hydrogen-bond donors (Lipinski definition) is 1. The maximum Gasteiger partial charge on any atom is 0.341 e. The molecule has 0 aliphatic carbocycles. The molecule has 3 aromatic carbocycles. The van der Waals surface area contributed by atoms with Gasteiger partial charge in [0.15, 0.2) is 0 Å². The molecule has 0 aliphatic rings. The molecule has 4 aromatic rings. The number of anilines is 2. The lowest BCUT2D eigenvalue weighted by Crippen LogP contribution is -2.09. The Hall–Kier alpha value is -3.93. The summed E-state index contributed by atoms with van der Waals surface area (Å²) in [5.41, 5.74) is 2.93. The maximum atomic E-state index is 12.6. The molecule has 0 bridgehead atoms. The van der Waals surface area contributed by atoms with Gasteiger partial charge in [0.05, 0.1) is 30.0 Å². The Morgan fingerprint density at radius 1 is 0.839 bits per heavy atom. The summed E-state index contributed by atoms with van der Waals surface area (Å²) in [5, 5.41) is 6.19. The summed E-state index contributed by atoms with van der Waals surface area (Å²) < 4.78 is 10.3. The molecule has 6 heteroatoms. The molecule has 0 amide bonds. The maximum absolute atomic E-state index is 12.6. The molecule has 31 heavy (non-hydrogen) atoms. The Kier molecular flexibility index (Phi) is 5.80. The molecule has 0 fully saturated rings. The number of ether oxygens (including phenoxy) is 2. The zero-order valence-corrected chi connectivity index (χ0v) is 17.3. The molecule has 156 valence electrons. The zero-order valence-electron chi connectivity index (χ0n) is 17.3. The van der Waals surface area contributed by atoms with Gasteiger partial charge < -0.3 is 14.8 Å². The molecule has 1 heterocycles. The van der Waals surface area contributed by atoms with Crippen molar-refractivity contribution in [3.63, 3.8) is 0 Å². The van der Waals surface area contributed by atoms with Crippen molar-refractivity contribution >= 4 is 45.0 Å². The Bertz CT molecular complexity index is 1270. The predicted molar refractivity (Wildman–Crippen MR) is 121 cm³/mol. The van der Waals surface area contributed by atoms with Crippen LogP contribution in [0.5, 0.6) is 0 Å². The number of hydrogen-bond acceptors (Lipinski definition) is 6. The van der Waals surface area contributed by atoms with E-state index in [-0.39, 0.29) is 12.6 Å². The minimum absolute atomic E-state index is 0.266. The van der Waals surface area contributed by atoms with Crippen molar-refractivity contribution in [1.82, 2.24) is 4.98 Å². The Labute approximate surface area is 179 Å². The zero-order chi connectivity index (χ0) is 21.8. The quantitative estimate of drug-likeness (QED) is 0.332. The smallest absolute Gasteiger partial charge is 0.341 e. The first-order valence-corrected chi connectivity index (χ1v) is 10.1. The third kappa shape index (κ3) is 4.05. The SMILES string of the molecule is CCOC(=O)c1ccc(Nc2c(C(=O)OCC)cnc3c2ccc2ccccc23)cc1. The molecule has 6 nitrogen and oxygen atoms in total. The largest absolute Gasteiger partial charge is 0.462 e. The highest BCUT2D eigenvalue weighted by Gasteiger charge is 2.18. The average molecular weight is 414 g/mol. The number of pyridine rings is 1. The van der Waals surface area contributed by atoms with Crippen molar-refractivity contribution in [3.05, 3.63) is 78.0 Å². The van der Waals surface area contributed by atoms with Crippen molar-refractivity contribution in [2.24, 2.45) is 0 Å². The fourth-order valence-corrected chi connectivity index (χ4v) is 3.48. The molecule has 0 aliphatic heterocycles. The third-order valence-electron chi connectivity index (χ3n) is 4.92. The molecule has 0 saturated heterocycles. The van der Waals surface area contributed by atoms with E-state index >= 15 is 0 Å². The first-order valence-electron chi connectivity index (χ1n) is 10.1. The monoisotopic (exact) mass is 414 g/mol. The van der Waals surface area contributed by atoms with Gasteiger partial charge in [-0.25, -0.2) is 9.59 Å². The van der Waals surface area contributed by atoms with E-state index in [9.17, 15) is 9.59 Å². The lowest BCUT2D eigenvalue weighted by molar-refractivity contribution is 0.0517. The summed E-state index contributed by atoms with van der Waals surface area (Å²) >= 11 is 0. The van der Waals surface area contributed by atoms with Crippen LogP contribution in [0.2, 0.25) is 0 Å². The van der Waals surface area contributed by atoms with Gasteiger partial charge in [-0.2, -0.15) is 0 Å². The number of nitrogens with zero attached hydrogens (tertiary/aromatic N) is 1. The second-order valence-electron chi connectivity index (χ2n) is 6.87. The van der Waals surface area contributed by atoms with E-state index in [1.165, 1.54) is 0 Å². The minimum atomic E-state index is -0.448. The van der Waals surface area contributed by atoms with Crippen LogP contribution in [0.25, 0.3) is 21.7 Å². The van der Waals surface area contributed by atoms with E-state index in [1.807, 2.05) is 36.4 Å². The van der Waals surface area contributed by atoms with Crippen molar-refractivity contribution in [1.29, 1.82) is 0 Å². The fourth-order valence-electron chi connectivity index (χ4n) is 3.48. The van der Waals surface area contributed by atoms with E-state index in [0.717, 1.165) is 27.4 Å². The number of benzene rings is 3. The predicted octanol–water partition coefficient (Wildman–Crippen LogP) is 5.49. The number of esters is 2. The van der Waals surface area contributed by atoms with Crippen molar-refractivity contribution in [2.75, 3.05) is 18.5 Å². The first-order chi connectivity index (χ1) is 15.1. The van der Waals surface area contributed by atoms with Crippen LogP contribution in [-0.4, -0.2) is 30.1 Å². The highest BCUT2D eigenvalue weighted by molar-refractivity contribution is 6.13. The molecule has 0 radical (unpaired) electrons. The summed E-state index contributed by atoms with van der Waals surface area (Å²) in [5.74, 6) is -0.821. The van der Waals surface area contributed by atoms with E-state index in [0.29, 0.717) is 23.4 Å². The molecule has 4 rings (SSSR count). The van der Waals surface area contributed by atoms with Crippen LogP contribution in [0.3, 0.4) is 0 Å². The normalized spacial score (nSPS) is 10.8. The fraction of sp³-hybridized carbons (Fsp3) is 0.160. The number of carbonyl (C=O) groups excluding carboxylic acids is 2. The topological polar surface area (TPSA) is 77.5 Å². The third-order valence-corrected chi connectivity index (χ3v) is 4.92. The lowest BCUT2D eigenvalue weighted by atomic mass is 10.0. The molecule has 1 aromatic heterocycles. The van der Waals surface area contributed by atoms with E-state index in [1.54, 1.807) is 44.3 Å². The van der Waals surface area contributed by atoms with E-state index < -0.39 is 5.97 Å². The highest BCUT2D eigenvalue weighted by Crippen LogP contribution is 2.33.